The normalized spacial score (nSPS) is 10.9. The number of aryl methyl sites for hydroxylation is 1. The van der Waals surface area contributed by atoms with Crippen molar-refractivity contribution in [2.45, 2.75) is 25.9 Å². The van der Waals surface area contributed by atoms with E-state index in [4.69, 9.17) is 4.74 Å². The van der Waals surface area contributed by atoms with Crippen molar-refractivity contribution in [3.63, 3.8) is 0 Å². The minimum absolute atomic E-state index is 0.0531. The average Bonchev–Trinajstić information content (AvgIpc) is 2.72. The molecule has 3 rings (SSSR count). The Balaban J connectivity index is 1.51. The number of para-hydroxylation sites is 1. The van der Waals surface area contributed by atoms with Crippen molar-refractivity contribution in [1.29, 1.82) is 0 Å². The number of aromatic amines is 1. The summed E-state index contributed by atoms with van der Waals surface area (Å²) in [5, 5.41) is 3.26. The molecule has 0 aliphatic rings. The van der Waals surface area contributed by atoms with Gasteiger partial charge in [0.1, 0.15) is 5.82 Å². The van der Waals surface area contributed by atoms with Crippen molar-refractivity contribution in [3.05, 3.63) is 64.2 Å². The molecule has 0 unspecified atom stereocenters. The van der Waals surface area contributed by atoms with Gasteiger partial charge in [-0.3, -0.25) is 9.59 Å². The highest BCUT2D eigenvalue weighted by Gasteiger charge is 2.12. The minimum atomic E-state index is -2.95. The van der Waals surface area contributed by atoms with E-state index >= 15 is 0 Å². The summed E-state index contributed by atoms with van der Waals surface area (Å²) in [6, 6.07) is 11.7. The van der Waals surface area contributed by atoms with Crippen LogP contribution in [0.25, 0.3) is 10.9 Å². The first-order chi connectivity index (χ1) is 14.5. The Morgan fingerprint density at radius 3 is 2.73 bits per heavy atom. The predicted molar refractivity (Wildman–Crippen MR) is 107 cm³/mol. The molecule has 30 heavy (non-hydrogen) atoms. The molecule has 0 atom stereocenters. The lowest BCUT2D eigenvalue weighted by atomic mass is 10.1. The van der Waals surface area contributed by atoms with Gasteiger partial charge in [0.25, 0.3) is 5.56 Å². The largest absolute Gasteiger partial charge is 0.493 e. The van der Waals surface area contributed by atoms with Gasteiger partial charge in [-0.2, -0.15) is 8.78 Å². The van der Waals surface area contributed by atoms with Crippen molar-refractivity contribution in [2.24, 2.45) is 0 Å². The highest BCUT2D eigenvalue weighted by atomic mass is 19.3. The zero-order valence-corrected chi connectivity index (χ0v) is 16.3. The van der Waals surface area contributed by atoms with Crippen LogP contribution in [-0.4, -0.2) is 36.1 Å². The number of rotatable bonds is 9. The Kier molecular flexibility index (Phi) is 6.95. The fourth-order valence-electron chi connectivity index (χ4n) is 2.98. The molecule has 2 N–H and O–H groups in total. The summed E-state index contributed by atoms with van der Waals surface area (Å²) in [6.07, 6.45) is 0.880. The Morgan fingerprint density at radius 1 is 1.17 bits per heavy atom. The van der Waals surface area contributed by atoms with Gasteiger partial charge in [-0.25, -0.2) is 4.98 Å². The van der Waals surface area contributed by atoms with Gasteiger partial charge >= 0.3 is 6.61 Å². The van der Waals surface area contributed by atoms with E-state index in [2.05, 4.69) is 20.0 Å². The second-order valence-corrected chi connectivity index (χ2v) is 6.49. The van der Waals surface area contributed by atoms with E-state index in [1.54, 1.807) is 30.3 Å². The number of benzene rings is 2. The van der Waals surface area contributed by atoms with E-state index < -0.39 is 6.61 Å². The van der Waals surface area contributed by atoms with Crippen LogP contribution in [-0.2, 0) is 17.6 Å². The molecule has 7 nitrogen and oxygen atoms in total. The van der Waals surface area contributed by atoms with Crippen LogP contribution < -0.4 is 20.3 Å². The molecule has 0 aliphatic heterocycles. The van der Waals surface area contributed by atoms with E-state index in [1.807, 2.05) is 0 Å². The zero-order chi connectivity index (χ0) is 21.5. The molecule has 0 spiro atoms. The van der Waals surface area contributed by atoms with Gasteiger partial charge in [-0.05, 0) is 36.2 Å². The number of halogens is 2. The number of carbonyl (C=O) groups excluding carboxylic acids is 1. The molecule has 3 aromatic rings. The minimum Gasteiger partial charge on any atom is -0.493 e. The molecule has 0 aliphatic carbocycles. The average molecular weight is 417 g/mol. The molecule has 0 fully saturated rings. The summed E-state index contributed by atoms with van der Waals surface area (Å²) in [5.74, 6) is 0.392. The van der Waals surface area contributed by atoms with Gasteiger partial charge < -0.3 is 19.8 Å². The Labute approximate surface area is 171 Å². The van der Waals surface area contributed by atoms with Gasteiger partial charge in [0.15, 0.2) is 11.5 Å². The van der Waals surface area contributed by atoms with Crippen LogP contribution >= 0.6 is 0 Å². The lowest BCUT2D eigenvalue weighted by molar-refractivity contribution is -0.121. The van der Waals surface area contributed by atoms with E-state index in [-0.39, 0.29) is 29.4 Å². The third-order valence-corrected chi connectivity index (χ3v) is 4.43. The smallest absolute Gasteiger partial charge is 0.387 e. The maximum atomic E-state index is 12.5. The molecule has 158 valence electrons. The number of hydrogen-bond acceptors (Lipinski definition) is 5. The van der Waals surface area contributed by atoms with E-state index in [1.165, 1.54) is 19.2 Å². The quantitative estimate of drug-likeness (QED) is 0.559. The molecule has 9 heteroatoms. The van der Waals surface area contributed by atoms with Crippen molar-refractivity contribution in [1.82, 2.24) is 15.3 Å². The molecular formula is C21H21F2N3O4. The number of methoxy groups -OCH3 is 1. The number of alkyl halides is 2. The van der Waals surface area contributed by atoms with Gasteiger partial charge in [0, 0.05) is 19.4 Å². The third kappa shape index (κ3) is 5.53. The number of nitrogens with one attached hydrogen (secondary N) is 2. The van der Waals surface area contributed by atoms with E-state index in [0.29, 0.717) is 41.7 Å². The molecule has 1 heterocycles. The lowest BCUT2D eigenvalue weighted by Crippen LogP contribution is -2.26. The molecule has 0 saturated heterocycles. The fourth-order valence-corrected chi connectivity index (χ4v) is 2.98. The van der Waals surface area contributed by atoms with Crippen LogP contribution in [0.5, 0.6) is 11.5 Å². The van der Waals surface area contributed by atoms with Crippen LogP contribution in [0.4, 0.5) is 8.78 Å². The third-order valence-electron chi connectivity index (χ3n) is 4.43. The van der Waals surface area contributed by atoms with Crippen molar-refractivity contribution in [2.75, 3.05) is 13.7 Å². The van der Waals surface area contributed by atoms with Crippen LogP contribution in [0.2, 0.25) is 0 Å². The second kappa shape index (κ2) is 9.82. The molecule has 2 aromatic carbocycles. The first-order valence-electron chi connectivity index (χ1n) is 9.32. The number of carbonyl (C=O) groups is 1. The zero-order valence-electron chi connectivity index (χ0n) is 16.3. The van der Waals surface area contributed by atoms with Crippen LogP contribution in [0.15, 0.2) is 47.3 Å². The number of hydrogen-bond donors (Lipinski definition) is 2. The number of nitrogens with zero attached hydrogens (tertiary/aromatic N) is 1. The number of fused-ring (bicyclic) bond motifs is 1. The Bertz CT molecular complexity index is 1090. The summed E-state index contributed by atoms with van der Waals surface area (Å²) in [5.41, 5.74) is 1.06. The van der Waals surface area contributed by atoms with Gasteiger partial charge in [-0.1, -0.05) is 18.2 Å². The lowest BCUT2D eigenvalue weighted by Gasteiger charge is -2.12. The molecule has 1 aromatic heterocycles. The summed E-state index contributed by atoms with van der Waals surface area (Å²) in [7, 11) is 1.37. The first kappa shape index (κ1) is 21.2. The highest BCUT2D eigenvalue weighted by Crippen LogP contribution is 2.29. The summed E-state index contributed by atoms with van der Waals surface area (Å²) >= 11 is 0. The summed E-state index contributed by atoms with van der Waals surface area (Å²) in [4.78, 5) is 31.2. The topological polar surface area (TPSA) is 93.3 Å². The maximum Gasteiger partial charge on any atom is 0.387 e. The molecule has 0 saturated carbocycles. The summed E-state index contributed by atoms with van der Waals surface area (Å²) < 4.78 is 34.4. The Hall–Kier alpha value is -3.49. The fraction of sp³-hybridized carbons (Fsp3) is 0.286. The van der Waals surface area contributed by atoms with Crippen molar-refractivity contribution < 1.29 is 23.0 Å². The standard InChI is InChI=1S/C21H21F2N3O4/c1-29-16-7-6-13(12-17(16)30-21(22)23)10-11-24-19(27)9-8-18-25-15-5-3-2-4-14(15)20(28)26-18/h2-7,12,21H,8-11H2,1H3,(H,24,27)(H,25,26,28). The monoisotopic (exact) mass is 417 g/mol. The SMILES string of the molecule is COc1ccc(CCNC(=O)CCc2nc3ccccc3c(=O)[nH]2)cc1OC(F)F. The van der Waals surface area contributed by atoms with Crippen LogP contribution in [0.1, 0.15) is 17.8 Å². The van der Waals surface area contributed by atoms with Crippen LogP contribution in [0.3, 0.4) is 0 Å². The number of ether oxygens (including phenoxy) is 2. The molecular weight excluding hydrogens is 396 g/mol. The van der Waals surface area contributed by atoms with E-state index in [9.17, 15) is 18.4 Å². The number of amides is 1. The molecule has 0 bridgehead atoms. The van der Waals surface area contributed by atoms with Crippen molar-refractivity contribution in [3.8, 4) is 11.5 Å². The van der Waals surface area contributed by atoms with Crippen LogP contribution in [0, 0.1) is 0 Å². The Morgan fingerprint density at radius 2 is 1.97 bits per heavy atom. The second-order valence-electron chi connectivity index (χ2n) is 6.49. The van der Waals surface area contributed by atoms with Gasteiger partial charge in [0.05, 0.1) is 18.0 Å². The van der Waals surface area contributed by atoms with Gasteiger partial charge in [0.2, 0.25) is 5.91 Å². The first-order valence-corrected chi connectivity index (χ1v) is 9.32. The highest BCUT2D eigenvalue weighted by molar-refractivity contribution is 5.78. The number of H-pyrrole nitrogens is 1. The van der Waals surface area contributed by atoms with Crippen molar-refractivity contribution >= 4 is 16.8 Å². The molecule has 0 radical (unpaired) electrons. The van der Waals surface area contributed by atoms with E-state index in [0.717, 1.165) is 0 Å². The van der Waals surface area contributed by atoms with Gasteiger partial charge in [-0.15, -0.1) is 0 Å². The summed E-state index contributed by atoms with van der Waals surface area (Å²) in [6.45, 7) is -2.63. The molecule has 1 amide bonds. The maximum absolute atomic E-state index is 12.5. The predicted octanol–water partition coefficient (Wildman–Crippen LogP) is 2.82. The number of aromatic nitrogens is 2.